The molecule has 0 fully saturated rings. The van der Waals surface area contributed by atoms with Crippen LogP contribution in [0.4, 0.5) is 0 Å². The fraction of sp³-hybridized carbons (Fsp3) is 0.133. The van der Waals surface area contributed by atoms with E-state index in [1.54, 1.807) is 13.3 Å². The summed E-state index contributed by atoms with van der Waals surface area (Å²) in [5.74, 6) is 0.594. The van der Waals surface area contributed by atoms with Gasteiger partial charge in [0, 0.05) is 29.2 Å². The minimum absolute atomic E-state index is 0.594. The molecule has 3 aromatic rings. The first-order chi connectivity index (χ1) is 9.28. The van der Waals surface area contributed by atoms with Gasteiger partial charge in [0.2, 0.25) is 5.88 Å². The van der Waals surface area contributed by atoms with Gasteiger partial charge >= 0.3 is 0 Å². The Kier molecular flexibility index (Phi) is 2.83. The average Bonchev–Trinajstić information content (AvgIpc) is 2.46. The quantitative estimate of drug-likeness (QED) is 0.702. The van der Waals surface area contributed by atoms with Gasteiger partial charge in [-0.1, -0.05) is 0 Å². The lowest BCUT2D eigenvalue weighted by molar-refractivity contribution is 0.399. The molecule has 0 N–H and O–H groups in total. The topological polar surface area (TPSA) is 47.9 Å². The van der Waals surface area contributed by atoms with Crippen molar-refractivity contribution >= 4 is 11.0 Å². The Balaban J connectivity index is 2.20. The molecule has 0 radical (unpaired) electrons. The van der Waals surface area contributed by atoms with Gasteiger partial charge in [-0.15, -0.1) is 0 Å². The molecule has 0 spiro atoms. The summed E-state index contributed by atoms with van der Waals surface area (Å²) in [6.45, 7) is 1.97. The molecule has 0 bridgehead atoms. The lowest BCUT2D eigenvalue weighted by Gasteiger charge is -2.07. The number of ether oxygens (including phenoxy) is 1. The predicted octanol–water partition coefficient (Wildman–Crippen LogP) is 3.01. The molecular weight excluding hydrogens is 238 g/mol. The number of fused-ring (bicyclic) bond motifs is 1. The molecule has 0 unspecified atom stereocenters. The van der Waals surface area contributed by atoms with E-state index in [2.05, 4.69) is 15.0 Å². The monoisotopic (exact) mass is 251 g/mol. The van der Waals surface area contributed by atoms with E-state index in [9.17, 15) is 0 Å². The van der Waals surface area contributed by atoms with Crippen LogP contribution in [0.1, 0.15) is 5.69 Å². The van der Waals surface area contributed by atoms with E-state index in [0.29, 0.717) is 5.88 Å². The lowest BCUT2D eigenvalue weighted by Crippen LogP contribution is -1.92. The lowest BCUT2D eigenvalue weighted by atomic mass is 10.1. The van der Waals surface area contributed by atoms with Crippen LogP contribution in [0, 0.1) is 6.92 Å². The summed E-state index contributed by atoms with van der Waals surface area (Å²) in [6.07, 6.45) is 3.53. The molecule has 0 saturated carbocycles. The number of nitrogens with zero attached hydrogens (tertiary/aromatic N) is 3. The Morgan fingerprint density at radius 1 is 1.05 bits per heavy atom. The molecule has 94 valence electrons. The van der Waals surface area contributed by atoms with Crippen molar-refractivity contribution in [2.45, 2.75) is 6.92 Å². The molecule has 0 aliphatic heterocycles. The maximum absolute atomic E-state index is 5.28. The number of pyridine rings is 3. The van der Waals surface area contributed by atoms with Crippen LogP contribution >= 0.6 is 0 Å². The zero-order valence-corrected chi connectivity index (χ0v) is 10.8. The van der Waals surface area contributed by atoms with Crippen LogP contribution in [-0.4, -0.2) is 22.1 Å². The second-order valence-corrected chi connectivity index (χ2v) is 4.28. The summed E-state index contributed by atoms with van der Waals surface area (Å²) in [5, 5.41) is 0. The highest BCUT2D eigenvalue weighted by Gasteiger charge is 2.08. The van der Waals surface area contributed by atoms with Crippen molar-refractivity contribution in [3.8, 4) is 17.0 Å². The zero-order valence-electron chi connectivity index (χ0n) is 10.8. The summed E-state index contributed by atoms with van der Waals surface area (Å²) in [5.41, 5.74) is 4.61. The Morgan fingerprint density at radius 3 is 2.79 bits per heavy atom. The van der Waals surface area contributed by atoms with Gasteiger partial charge in [-0.2, -0.15) is 0 Å². The van der Waals surface area contributed by atoms with E-state index in [4.69, 9.17) is 4.74 Å². The molecule has 0 atom stereocenters. The van der Waals surface area contributed by atoms with Crippen molar-refractivity contribution in [2.75, 3.05) is 7.11 Å². The zero-order chi connectivity index (χ0) is 13.2. The summed E-state index contributed by atoms with van der Waals surface area (Å²) < 4.78 is 5.28. The third-order valence-corrected chi connectivity index (χ3v) is 2.95. The molecule has 0 saturated heterocycles. The van der Waals surface area contributed by atoms with Crippen LogP contribution in [0.25, 0.3) is 22.2 Å². The van der Waals surface area contributed by atoms with Crippen LogP contribution < -0.4 is 4.74 Å². The summed E-state index contributed by atoms with van der Waals surface area (Å²) in [6, 6.07) is 9.78. The van der Waals surface area contributed by atoms with Crippen molar-refractivity contribution in [3.63, 3.8) is 0 Å². The van der Waals surface area contributed by atoms with Gasteiger partial charge in [0.15, 0.2) is 0 Å². The molecule has 19 heavy (non-hydrogen) atoms. The minimum atomic E-state index is 0.594. The van der Waals surface area contributed by atoms with Crippen LogP contribution in [0.5, 0.6) is 5.88 Å². The molecule has 3 rings (SSSR count). The van der Waals surface area contributed by atoms with E-state index >= 15 is 0 Å². The van der Waals surface area contributed by atoms with Crippen LogP contribution in [-0.2, 0) is 0 Å². The standard InChI is InChI=1S/C15H13N3O/c1-10-5-6-13-14(18-10)8-11(9-17-13)12-4-3-7-16-15(12)19-2/h3-9H,1-2H3. The van der Waals surface area contributed by atoms with E-state index in [0.717, 1.165) is 27.9 Å². The Hall–Kier alpha value is -2.49. The molecule has 0 aromatic carbocycles. The first-order valence-electron chi connectivity index (χ1n) is 6.01. The average molecular weight is 251 g/mol. The maximum Gasteiger partial charge on any atom is 0.221 e. The number of methoxy groups -OCH3 is 1. The van der Waals surface area contributed by atoms with Gasteiger partial charge in [-0.3, -0.25) is 9.97 Å². The highest BCUT2D eigenvalue weighted by Crippen LogP contribution is 2.28. The largest absolute Gasteiger partial charge is 0.481 e. The number of hydrogen-bond donors (Lipinski definition) is 0. The van der Waals surface area contributed by atoms with E-state index in [1.165, 1.54) is 0 Å². The van der Waals surface area contributed by atoms with Gasteiger partial charge in [0.1, 0.15) is 0 Å². The molecule has 4 nitrogen and oxygen atoms in total. The van der Waals surface area contributed by atoms with Crippen molar-refractivity contribution < 1.29 is 4.74 Å². The normalized spacial score (nSPS) is 10.6. The maximum atomic E-state index is 5.28. The van der Waals surface area contributed by atoms with Crippen LogP contribution in [0.15, 0.2) is 42.7 Å². The van der Waals surface area contributed by atoms with E-state index in [-0.39, 0.29) is 0 Å². The third-order valence-electron chi connectivity index (χ3n) is 2.95. The Labute approximate surface area is 111 Å². The first kappa shape index (κ1) is 11.6. The third kappa shape index (κ3) is 2.12. The van der Waals surface area contributed by atoms with Gasteiger partial charge in [-0.05, 0) is 37.3 Å². The van der Waals surface area contributed by atoms with Crippen molar-refractivity contribution in [1.82, 2.24) is 15.0 Å². The number of rotatable bonds is 2. The Bertz CT molecular complexity index is 740. The molecule has 0 amide bonds. The second-order valence-electron chi connectivity index (χ2n) is 4.28. The molecule has 0 aliphatic carbocycles. The number of hydrogen-bond acceptors (Lipinski definition) is 4. The van der Waals surface area contributed by atoms with E-state index in [1.807, 2.05) is 43.5 Å². The Morgan fingerprint density at radius 2 is 1.95 bits per heavy atom. The van der Waals surface area contributed by atoms with Gasteiger partial charge in [-0.25, -0.2) is 4.98 Å². The van der Waals surface area contributed by atoms with Crippen molar-refractivity contribution in [2.24, 2.45) is 0 Å². The molecule has 3 heterocycles. The predicted molar refractivity (Wildman–Crippen MR) is 74.1 cm³/mol. The summed E-state index contributed by atoms with van der Waals surface area (Å²) >= 11 is 0. The minimum Gasteiger partial charge on any atom is -0.481 e. The van der Waals surface area contributed by atoms with Gasteiger partial charge < -0.3 is 4.74 Å². The molecular formula is C15H13N3O. The summed E-state index contributed by atoms with van der Waals surface area (Å²) in [4.78, 5) is 13.1. The van der Waals surface area contributed by atoms with Gasteiger partial charge in [0.25, 0.3) is 0 Å². The van der Waals surface area contributed by atoms with Crippen LogP contribution in [0.2, 0.25) is 0 Å². The SMILES string of the molecule is COc1ncccc1-c1cnc2ccc(C)nc2c1. The number of aryl methyl sites for hydroxylation is 1. The summed E-state index contributed by atoms with van der Waals surface area (Å²) in [7, 11) is 1.61. The van der Waals surface area contributed by atoms with Crippen molar-refractivity contribution in [3.05, 3.63) is 48.4 Å². The second kappa shape index (κ2) is 4.65. The highest BCUT2D eigenvalue weighted by atomic mass is 16.5. The highest BCUT2D eigenvalue weighted by molar-refractivity contribution is 5.81. The van der Waals surface area contributed by atoms with Gasteiger partial charge in [0.05, 0.1) is 18.1 Å². The fourth-order valence-corrected chi connectivity index (χ4v) is 2.03. The number of aromatic nitrogens is 3. The molecule has 4 heteroatoms. The van der Waals surface area contributed by atoms with Crippen molar-refractivity contribution in [1.29, 1.82) is 0 Å². The smallest absolute Gasteiger partial charge is 0.221 e. The van der Waals surface area contributed by atoms with E-state index < -0.39 is 0 Å². The molecule has 3 aromatic heterocycles. The molecule has 0 aliphatic rings. The fourth-order valence-electron chi connectivity index (χ4n) is 2.03. The first-order valence-corrected chi connectivity index (χ1v) is 6.01. The van der Waals surface area contributed by atoms with Crippen LogP contribution in [0.3, 0.4) is 0 Å².